The monoisotopic (exact) mass is 301 g/mol. The van der Waals surface area contributed by atoms with Crippen molar-refractivity contribution >= 4 is 5.97 Å². The quantitative estimate of drug-likeness (QED) is 0.373. The molecule has 52 valence electrons. The van der Waals surface area contributed by atoms with Gasteiger partial charge in [-0.1, -0.05) is 0 Å². The van der Waals surface area contributed by atoms with Crippen LogP contribution < -0.4 is 11.6 Å². The van der Waals surface area contributed by atoms with E-state index in [9.17, 15) is 4.79 Å². The smallest absolute Gasteiger partial charge is 0.368 e. The van der Waals surface area contributed by atoms with Crippen LogP contribution in [0.5, 0.6) is 0 Å². The first-order valence-corrected chi connectivity index (χ1v) is 1.52. The van der Waals surface area contributed by atoms with E-state index in [1.807, 2.05) is 0 Å². The molecule has 0 aliphatic rings. The summed E-state index contributed by atoms with van der Waals surface area (Å²) in [5.41, 5.74) is 4.55. The van der Waals surface area contributed by atoms with E-state index in [-0.39, 0.29) is 21.1 Å². The van der Waals surface area contributed by atoms with Gasteiger partial charge in [-0.3, -0.25) is 5.73 Å². The molecule has 0 aliphatic carbocycles. The summed E-state index contributed by atoms with van der Waals surface area (Å²) in [6, 6.07) is 0. The maximum absolute atomic E-state index is 9.79. The molecule has 0 saturated carbocycles. The minimum atomic E-state index is -1.62. The van der Waals surface area contributed by atoms with Gasteiger partial charge in [-0.15, -0.1) is 0 Å². The van der Waals surface area contributed by atoms with Gasteiger partial charge in [0, 0.05) is 21.1 Å². The van der Waals surface area contributed by atoms with Gasteiger partial charge in [-0.25, -0.2) is 4.79 Å². The van der Waals surface area contributed by atoms with Crippen molar-refractivity contribution in [2.45, 2.75) is 6.23 Å². The second-order valence-electron chi connectivity index (χ2n) is 0.882. The van der Waals surface area contributed by atoms with Gasteiger partial charge in [-0.2, -0.15) is 5.90 Å². The first-order valence-electron chi connectivity index (χ1n) is 1.52. The zero-order valence-electron chi connectivity index (χ0n) is 3.81. The third-order valence-corrected chi connectivity index (χ3v) is 0.358. The van der Waals surface area contributed by atoms with Crippen LogP contribution in [0.4, 0.5) is 0 Å². The van der Waals surface area contributed by atoms with Gasteiger partial charge in [0.25, 0.3) is 0 Å². The predicted octanol–water partition coefficient (Wildman–Crippen LogP) is -2.32. The van der Waals surface area contributed by atoms with Gasteiger partial charge < -0.3 is 9.94 Å². The molecule has 0 spiro atoms. The number of carbonyl (C=O) groups is 1. The van der Waals surface area contributed by atoms with Gasteiger partial charge in [0.05, 0.1) is 0 Å². The van der Waals surface area contributed by atoms with Crippen molar-refractivity contribution in [3.8, 4) is 0 Å². The van der Waals surface area contributed by atoms with E-state index < -0.39 is 12.2 Å². The number of rotatable bonds is 1. The number of aliphatic hydroxyl groups is 1. The summed E-state index contributed by atoms with van der Waals surface area (Å²) < 4.78 is 0. The molecular weight excluding hydrogens is 295 g/mol. The molecule has 0 fully saturated rings. The standard InChI is InChI=1S/C2H6N2O3.Pt/c3-1(5)2(6)7-4;/h1,5H,3-4H2;. The van der Waals surface area contributed by atoms with Crippen molar-refractivity contribution in [3.63, 3.8) is 0 Å². The SMILES string of the molecule is NOC(=O)C(N)O.[Pt]. The van der Waals surface area contributed by atoms with Gasteiger partial charge in [0.15, 0.2) is 0 Å². The van der Waals surface area contributed by atoms with Crippen molar-refractivity contribution in [1.29, 1.82) is 0 Å². The fraction of sp³-hybridized carbons (Fsp3) is 0.500. The zero-order chi connectivity index (χ0) is 5.86. The molecule has 0 heterocycles. The van der Waals surface area contributed by atoms with E-state index in [0.29, 0.717) is 0 Å². The molecule has 0 saturated heterocycles. The molecule has 0 aliphatic heterocycles. The Morgan fingerprint density at radius 1 is 1.75 bits per heavy atom. The number of carbonyl (C=O) groups excluding carboxylic acids is 1. The van der Waals surface area contributed by atoms with Crippen molar-refractivity contribution in [2.24, 2.45) is 11.6 Å². The molecule has 8 heavy (non-hydrogen) atoms. The third kappa shape index (κ3) is 4.20. The molecule has 1 atom stereocenters. The molecule has 6 heteroatoms. The number of hydrogen-bond acceptors (Lipinski definition) is 5. The van der Waals surface area contributed by atoms with Crippen LogP contribution in [0.3, 0.4) is 0 Å². The Hall–Kier alpha value is 0.0383. The molecule has 0 aromatic heterocycles. The van der Waals surface area contributed by atoms with Crippen molar-refractivity contribution < 1.29 is 35.8 Å². The van der Waals surface area contributed by atoms with E-state index >= 15 is 0 Å². The van der Waals surface area contributed by atoms with Crippen LogP contribution in [0.2, 0.25) is 0 Å². The van der Waals surface area contributed by atoms with Gasteiger partial charge >= 0.3 is 5.97 Å². The topological polar surface area (TPSA) is 98.6 Å². The maximum Gasteiger partial charge on any atom is 0.368 e. The van der Waals surface area contributed by atoms with Crippen LogP contribution in [0.25, 0.3) is 0 Å². The van der Waals surface area contributed by atoms with E-state index in [4.69, 9.17) is 5.11 Å². The molecule has 0 aromatic rings. The normalized spacial score (nSPS) is 11.4. The Bertz CT molecular complexity index is 75.7. The number of nitrogens with two attached hydrogens (primary N) is 2. The Morgan fingerprint density at radius 2 is 2.12 bits per heavy atom. The predicted molar refractivity (Wildman–Crippen MR) is 20.5 cm³/mol. The second-order valence-corrected chi connectivity index (χ2v) is 0.882. The molecule has 5 nitrogen and oxygen atoms in total. The fourth-order valence-electron chi connectivity index (χ4n) is 0.0697. The summed E-state index contributed by atoms with van der Waals surface area (Å²) in [7, 11) is 0. The molecule has 1 unspecified atom stereocenters. The minimum Gasteiger partial charge on any atom is -0.370 e. The van der Waals surface area contributed by atoms with Crippen LogP contribution in [0.15, 0.2) is 0 Å². The summed E-state index contributed by atoms with van der Waals surface area (Å²) in [4.78, 5) is 13.3. The van der Waals surface area contributed by atoms with E-state index in [1.54, 1.807) is 0 Å². The molecule has 0 rings (SSSR count). The van der Waals surface area contributed by atoms with Gasteiger partial charge in [-0.05, 0) is 0 Å². The largest absolute Gasteiger partial charge is 0.370 e. The van der Waals surface area contributed by atoms with Crippen LogP contribution in [0, 0.1) is 0 Å². The van der Waals surface area contributed by atoms with Crippen molar-refractivity contribution in [1.82, 2.24) is 0 Å². The van der Waals surface area contributed by atoms with Crippen LogP contribution in [-0.4, -0.2) is 17.3 Å². The summed E-state index contributed by atoms with van der Waals surface area (Å²) in [6.45, 7) is 0. The van der Waals surface area contributed by atoms with Gasteiger partial charge in [0.1, 0.15) is 0 Å². The van der Waals surface area contributed by atoms with Gasteiger partial charge in [0.2, 0.25) is 6.23 Å². The average molecular weight is 301 g/mol. The number of hydrogen-bond donors (Lipinski definition) is 3. The summed E-state index contributed by atoms with van der Waals surface area (Å²) in [6.07, 6.45) is -1.62. The van der Waals surface area contributed by atoms with Crippen LogP contribution >= 0.6 is 0 Å². The van der Waals surface area contributed by atoms with Crippen molar-refractivity contribution in [3.05, 3.63) is 0 Å². The van der Waals surface area contributed by atoms with Crippen LogP contribution in [-0.2, 0) is 30.7 Å². The molecule has 0 radical (unpaired) electrons. The van der Waals surface area contributed by atoms with Crippen molar-refractivity contribution in [2.75, 3.05) is 0 Å². The Labute approximate surface area is 60.2 Å². The summed E-state index contributed by atoms with van der Waals surface area (Å²) in [5, 5.41) is 8.04. The average Bonchev–Trinajstić information content (AvgIpc) is 1.65. The Kier molecular flexibility index (Phi) is 7.07. The molecule has 5 N–H and O–H groups in total. The maximum atomic E-state index is 9.79. The minimum absolute atomic E-state index is 0. The first-order chi connectivity index (χ1) is 3.18. The zero-order valence-corrected chi connectivity index (χ0v) is 6.08. The molecule has 0 aromatic carbocycles. The van der Waals surface area contributed by atoms with Crippen LogP contribution in [0.1, 0.15) is 0 Å². The Balaban J connectivity index is 0. The van der Waals surface area contributed by atoms with E-state index in [0.717, 1.165) is 0 Å². The first kappa shape index (κ1) is 10.9. The van der Waals surface area contributed by atoms with E-state index in [2.05, 4.69) is 16.5 Å². The second kappa shape index (κ2) is 5.18. The number of aliphatic hydroxyl groups excluding tert-OH is 1. The summed E-state index contributed by atoms with van der Waals surface area (Å²) >= 11 is 0. The molecule has 0 amide bonds. The third-order valence-electron chi connectivity index (χ3n) is 0.358. The summed E-state index contributed by atoms with van der Waals surface area (Å²) in [5.74, 6) is 3.24. The molecule has 0 bridgehead atoms. The Morgan fingerprint density at radius 3 is 2.12 bits per heavy atom. The van der Waals surface area contributed by atoms with E-state index in [1.165, 1.54) is 0 Å². The fourth-order valence-corrected chi connectivity index (χ4v) is 0.0697. The molecular formula is C2H6N2O3Pt.